The first kappa shape index (κ1) is 23.0. The van der Waals surface area contributed by atoms with E-state index >= 15 is 0 Å². The third kappa shape index (κ3) is 19.0. The summed E-state index contributed by atoms with van der Waals surface area (Å²) in [6, 6.07) is 0. The zero-order valence-electron chi connectivity index (χ0n) is 15.7. The van der Waals surface area contributed by atoms with E-state index in [1.165, 1.54) is 64.2 Å². The average Bonchev–Trinajstić information content (AvgIpc) is 2.56. The van der Waals surface area contributed by atoms with Gasteiger partial charge in [0.1, 0.15) is 0 Å². The SMILES string of the molecule is CCCCC(O)CCCCCCCCCCCCCC#CC(=O)O. The molecule has 0 rings (SSSR count). The Morgan fingerprint density at radius 2 is 1.25 bits per heavy atom. The molecule has 3 heteroatoms. The number of carboxylic acids is 1. The van der Waals surface area contributed by atoms with Crippen molar-refractivity contribution in [3.05, 3.63) is 0 Å². The van der Waals surface area contributed by atoms with Crippen molar-refractivity contribution in [1.82, 2.24) is 0 Å². The van der Waals surface area contributed by atoms with Crippen LogP contribution >= 0.6 is 0 Å². The normalized spacial score (nSPS) is 11.8. The van der Waals surface area contributed by atoms with Crippen molar-refractivity contribution in [3.63, 3.8) is 0 Å². The van der Waals surface area contributed by atoms with Crippen molar-refractivity contribution in [3.8, 4) is 11.8 Å². The van der Waals surface area contributed by atoms with Gasteiger partial charge >= 0.3 is 5.97 Å². The second-order valence-electron chi connectivity index (χ2n) is 6.83. The predicted molar refractivity (Wildman–Crippen MR) is 101 cm³/mol. The smallest absolute Gasteiger partial charge is 0.381 e. The van der Waals surface area contributed by atoms with Crippen LogP contribution in [-0.2, 0) is 4.79 Å². The van der Waals surface area contributed by atoms with Gasteiger partial charge in [0.15, 0.2) is 0 Å². The fraction of sp³-hybridized carbons (Fsp3) is 0.857. The number of carbonyl (C=O) groups is 1. The molecule has 2 N–H and O–H groups in total. The van der Waals surface area contributed by atoms with Crippen molar-refractivity contribution in [1.29, 1.82) is 0 Å². The molecule has 0 saturated heterocycles. The average molecular weight is 339 g/mol. The van der Waals surface area contributed by atoms with E-state index in [2.05, 4.69) is 18.8 Å². The topological polar surface area (TPSA) is 57.5 Å². The molecular formula is C21H38O3. The van der Waals surface area contributed by atoms with Gasteiger partial charge in [-0.3, -0.25) is 0 Å². The van der Waals surface area contributed by atoms with Crippen LogP contribution in [0.3, 0.4) is 0 Å². The van der Waals surface area contributed by atoms with Crippen LogP contribution in [-0.4, -0.2) is 22.3 Å². The molecule has 0 radical (unpaired) electrons. The van der Waals surface area contributed by atoms with Gasteiger partial charge in [0.25, 0.3) is 0 Å². The molecule has 0 aromatic rings. The van der Waals surface area contributed by atoms with E-state index in [1.807, 2.05) is 0 Å². The second kappa shape index (κ2) is 18.3. The maximum absolute atomic E-state index is 10.2. The van der Waals surface area contributed by atoms with Gasteiger partial charge in [-0.25, -0.2) is 4.79 Å². The van der Waals surface area contributed by atoms with Gasteiger partial charge in [-0.2, -0.15) is 0 Å². The third-order valence-electron chi connectivity index (χ3n) is 4.43. The minimum absolute atomic E-state index is 0.0694. The van der Waals surface area contributed by atoms with Crippen molar-refractivity contribution in [2.75, 3.05) is 0 Å². The first-order valence-corrected chi connectivity index (χ1v) is 10.1. The number of carboxylic acid groups (broad SMARTS) is 1. The summed E-state index contributed by atoms with van der Waals surface area (Å²) in [4.78, 5) is 10.2. The molecule has 0 spiro atoms. The van der Waals surface area contributed by atoms with Gasteiger partial charge in [-0.1, -0.05) is 89.9 Å². The first-order valence-electron chi connectivity index (χ1n) is 10.1. The monoisotopic (exact) mass is 338 g/mol. The molecular weight excluding hydrogens is 300 g/mol. The highest BCUT2D eigenvalue weighted by molar-refractivity contribution is 5.86. The number of hydrogen-bond donors (Lipinski definition) is 2. The van der Waals surface area contributed by atoms with Gasteiger partial charge in [0.2, 0.25) is 0 Å². The molecule has 0 saturated carbocycles. The van der Waals surface area contributed by atoms with Crippen molar-refractivity contribution < 1.29 is 15.0 Å². The molecule has 0 aromatic heterocycles. The number of rotatable bonds is 16. The highest BCUT2D eigenvalue weighted by Gasteiger charge is 2.02. The Kier molecular flexibility index (Phi) is 17.6. The molecule has 0 aliphatic rings. The molecule has 1 atom stereocenters. The lowest BCUT2D eigenvalue weighted by atomic mass is 10.0. The van der Waals surface area contributed by atoms with Gasteiger partial charge in [0.05, 0.1) is 6.10 Å². The third-order valence-corrected chi connectivity index (χ3v) is 4.43. The van der Waals surface area contributed by atoms with Crippen LogP contribution in [0.4, 0.5) is 0 Å². The second-order valence-corrected chi connectivity index (χ2v) is 6.83. The number of aliphatic carboxylic acids is 1. The summed E-state index contributed by atoms with van der Waals surface area (Å²) in [5.41, 5.74) is 0. The zero-order chi connectivity index (χ0) is 17.9. The van der Waals surface area contributed by atoms with Crippen LogP contribution in [0.1, 0.15) is 110 Å². The number of unbranched alkanes of at least 4 members (excludes halogenated alkanes) is 12. The molecule has 0 aliphatic heterocycles. The summed E-state index contributed by atoms with van der Waals surface area (Å²) in [5, 5.41) is 18.1. The van der Waals surface area contributed by atoms with E-state index in [4.69, 9.17) is 5.11 Å². The standard InChI is InChI=1S/C21H38O3/c1-2-3-17-20(22)18-15-13-11-9-7-5-4-6-8-10-12-14-16-19-21(23)24/h20,22H,2-15,17-18H2,1H3,(H,23,24). The largest absolute Gasteiger partial charge is 0.472 e. The molecule has 0 heterocycles. The Morgan fingerprint density at radius 1 is 0.792 bits per heavy atom. The van der Waals surface area contributed by atoms with E-state index in [1.54, 1.807) is 0 Å². The first-order chi connectivity index (χ1) is 11.7. The Bertz CT molecular complexity index is 341. The molecule has 140 valence electrons. The fourth-order valence-electron chi connectivity index (χ4n) is 2.91. The summed E-state index contributed by atoms with van der Waals surface area (Å²) in [6.07, 6.45) is 18.7. The Balaban J connectivity index is 3.13. The molecule has 24 heavy (non-hydrogen) atoms. The summed E-state index contributed by atoms with van der Waals surface area (Å²) < 4.78 is 0. The number of hydrogen-bond acceptors (Lipinski definition) is 2. The van der Waals surface area contributed by atoms with Crippen LogP contribution in [0, 0.1) is 11.8 Å². The van der Waals surface area contributed by atoms with Crippen LogP contribution in [0.15, 0.2) is 0 Å². The molecule has 1 unspecified atom stereocenters. The lowest BCUT2D eigenvalue weighted by molar-refractivity contribution is -0.130. The molecule has 0 bridgehead atoms. The number of aliphatic hydroxyl groups is 1. The lowest BCUT2D eigenvalue weighted by Gasteiger charge is -2.09. The van der Waals surface area contributed by atoms with Crippen LogP contribution in [0.25, 0.3) is 0 Å². The minimum atomic E-state index is -1.03. The fourth-order valence-corrected chi connectivity index (χ4v) is 2.91. The zero-order valence-corrected chi connectivity index (χ0v) is 15.7. The highest BCUT2D eigenvalue weighted by atomic mass is 16.4. The molecule has 3 nitrogen and oxygen atoms in total. The maximum atomic E-state index is 10.2. The van der Waals surface area contributed by atoms with Crippen LogP contribution < -0.4 is 0 Å². The van der Waals surface area contributed by atoms with E-state index in [9.17, 15) is 9.90 Å². The molecule has 0 aromatic carbocycles. The summed E-state index contributed by atoms with van der Waals surface area (Å²) in [6.45, 7) is 2.17. The Morgan fingerprint density at radius 3 is 1.75 bits per heavy atom. The van der Waals surface area contributed by atoms with E-state index in [0.29, 0.717) is 6.42 Å². The van der Waals surface area contributed by atoms with Gasteiger partial charge < -0.3 is 10.2 Å². The minimum Gasteiger partial charge on any atom is -0.472 e. The highest BCUT2D eigenvalue weighted by Crippen LogP contribution is 2.14. The molecule has 0 aliphatic carbocycles. The number of aliphatic hydroxyl groups excluding tert-OH is 1. The quantitative estimate of drug-likeness (QED) is 0.280. The van der Waals surface area contributed by atoms with Crippen molar-refractivity contribution >= 4 is 5.97 Å². The van der Waals surface area contributed by atoms with E-state index in [0.717, 1.165) is 32.1 Å². The molecule has 0 fully saturated rings. The maximum Gasteiger partial charge on any atom is 0.381 e. The van der Waals surface area contributed by atoms with Crippen molar-refractivity contribution in [2.24, 2.45) is 0 Å². The summed E-state index contributed by atoms with van der Waals surface area (Å²) >= 11 is 0. The van der Waals surface area contributed by atoms with Gasteiger partial charge in [-0.15, -0.1) is 0 Å². The van der Waals surface area contributed by atoms with Crippen LogP contribution in [0.5, 0.6) is 0 Å². The van der Waals surface area contributed by atoms with Gasteiger partial charge in [-0.05, 0) is 19.3 Å². The summed E-state index contributed by atoms with van der Waals surface area (Å²) in [5.74, 6) is 3.80. The lowest BCUT2D eigenvalue weighted by Crippen LogP contribution is -2.05. The predicted octanol–water partition coefficient (Wildman–Crippen LogP) is 5.70. The Labute approximate surface area is 149 Å². The molecule has 0 amide bonds. The van der Waals surface area contributed by atoms with Crippen molar-refractivity contribution in [2.45, 2.75) is 116 Å². The van der Waals surface area contributed by atoms with Crippen LogP contribution in [0.2, 0.25) is 0 Å². The summed E-state index contributed by atoms with van der Waals surface area (Å²) in [7, 11) is 0. The van der Waals surface area contributed by atoms with E-state index in [-0.39, 0.29) is 6.10 Å². The van der Waals surface area contributed by atoms with E-state index < -0.39 is 5.97 Å². The van der Waals surface area contributed by atoms with Gasteiger partial charge in [0, 0.05) is 12.3 Å². The Hall–Kier alpha value is -1.01.